The Kier molecular flexibility index (Phi) is 5.89. The second kappa shape index (κ2) is 7.05. The van der Waals surface area contributed by atoms with Gasteiger partial charge in [-0.1, -0.05) is 6.07 Å². The fraction of sp³-hybridized carbons (Fsp3) is 0.556. The molecule has 1 aromatic carbocycles. The van der Waals surface area contributed by atoms with Crippen LogP contribution in [0.2, 0.25) is 0 Å². The van der Waals surface area contributed by atoms with Crippen molar-refractivity contribution in [3.8, 4) is 0 Å². The van der Waals surface area contributed by atoms with Crippen molar-refractivity contribution in [3.05, 3.63) is 33.9 Å². The molecule has 0 fully saturated rings. The van der Waals surface area contributed by atoms with E-state index >= 15 is 0 Å². The van der Waals surface area contributed by atoms with E-state index in [1.54, 1.807) is 27.7 Å². The quantitative estimate of drug-likeness (QED) is 0.647. The second-order valence-electron chi connectivity index (χ2n) is 6.24. The lowest BCUT2D eigenvalue weighted by atomic mass is 9.91. The van der Waals surface area contributed by atoms with Crippen LogP contribution in [-0.2, 0) is 16.1 Å². The van der Waals surface area contributed by atoms with Crippen molar-refractivity contribution in [1.82, 2.24) is 5.32 Å². The van der Waals surface area contributed by atoms with Gasteiger partial charge in [0.05, 0.1) is 6.61 Å². The third-order valence-electron chi connectivity index (χ3n) is 3.98. The Labute approximate surface area is 133 Å². The Bertz CT molecular complexity index is 588. The summed E-state index contributed by atoms with van der Waals surface area (Å²) in [6.45, 7) is 13.8. The molecule has 0 saturated carbocycles. The number of aryl methyl sites for hydroxylation is 2. The van der Waals surface area contributed by atoms with Crippen LogP contribution in [-0.4, -0.2) is 23.9 Å². The summed E-state index contributed by atoms with van der Waals surface area (Å²) < 4.78 is 5.08. The highest BCUT2D eigenvalue weighted by molar-refractivity contribution is 5.97. The lowest BCUT2D eigenvalue weighted by molar-refractivity contribution is -0.149. The molecule has 4 heteroatoms. The average Bonchev–Trinajstić information content (AvgIpc) is 2.37. The largest absolute Gasteiger partial charge is 0.465 e. The number of nitrogens with one attached hydrogen (secondary N) is 1. The first-order chi connectivity index (χ1) is 10.1. The molecule has 0 aliphatic heterocycles. The Morgan fingerprint density at radius 1 is 1.18 bits per heavy atom. The first-order valence-electron chi connectivity index (χ1n) is 7.64. The van der Waals surface area contributed by atoms with Gasteiger partial charge in [0, 0.05) is 12.1 Å². The van der Waals surface area contributed by atoms with Crippen molar-refractivity contribution in [3.63, 3.8) is 0 Å². The number of hydrogen-bond donors (Lipinski definition) is 1. The van der Waals surface area contributed by atoms with Gasteiger partial charge in [0.25, 0.3) is 0 Å². The highest BCUT2D eigenvalue weighted by atomic mass is 16.5. The smallest absolute Gasteiger partial charge is 0.325 e. The topological polar surface area (TPSA) is 55.4 Å². The number of benzene rings is 1. The molecule has 0 aromatic heterocycles. The summed E-state index contributed by atoms with van der Waals surface area (Å²) in [7, 11) is 0. The molecule has 1 rings (SSSR count). The van der Waals surface area contributed by atoms with Crippen LogP contribution in [0.4, 0.5) is 0 Å². The number of ketones is 1. The van der Waals surface area contributed by atoms with Gasteiger partial charge in [-0.15, -0.1) is 0 Å². The van der Waals surface area contributed by atoms with E-state index in [-0.39, 0.29) is 11.8 Å². The van der Waals surface area contributed by atoms with Gasteiger partial charge < -0.3 is 4.74 Å². The van der Waals surface area contributed by atoms with Gasteiger partial charge in [-0.25, -0.2) is 0 Å². The summed E-state index contributed by atoms with van der Waals surface area (Å²) in [4.78, 5) is 23.8. The summed E-state index contributed by atoms with van der Waals surface area (Å²) in [5, 5.41) is 3.24. The maximum atomic E-state index is 11.9. The van der Waals surface area contributed by atoms with E-state index < -0.39 is 5.54 Å². The van der Waals surface area contributed by atoms with E-state index in [2.05, 4.69) is 5.32 Å². The van der Waals surface area contributed by atoms with Crippen molar-refractivity contribution in [1.29, 1.82) is 0 Å². The predicted octanol–water partition coefficient (Wildman–Crippen LogP) is 3.25. The number of rotatable bonds is 6. The van der Waals surface area contributed by atoms with Crippen LogP contribution in [0, 0.1) is 20.8 Å². The van der Waals surface area contributed by atoms with Crippen molar-refractivity contribution in [2.75, 3.05) is 6.61 Å². The molecule has 1 aromatic rings. The molecule has 0 atom stereocenters. The number of esters is 1. The predicted molar refractivity (Wildman–Crippen MR) is 88.2 cm³/mol. The van der Waals surface area contributed by atoms with Crippen molar-refractivity contribution in [2.24, 2.45) is 0 Å². The molecule has 0 aliphatic rings. The molecule has 22 heavy (non-hydrogen) atoms. The van der Waals surface area contributed by atoms with Crippen molar-refractivity contribution < 1.29 is 14.3 Å². The minimum Gasteiger partial charge on any atom is -0.465 e. The molecule has 4 nitrogen and oxygen atoms in total. The van der Waals surface area contributed by atoms with Gasteiger partial charge in [0.2, 0.25) is 0 Å². The van der Waals surface area contributed by atoms with Crippen LogP contribution in [0.15, 0.2) is 6.07 Å². The molecule has 0 heterocycles. The SMILES string of the molecule is CCOC(=O)C(C)(C)NCc1c(C)cc(C)c(C(C)=O)c1C. The highest BCUT2D eigenvalue weighted by Gasteiger charge is 2.29. The van der Waals surface area contributed by atoms with Crippen molar-refractivity contribution >= 4 is 11.8 Å². The zero-order valence-electron chi connectivity index (χ0n) is 14.7. The van der Waals surface area contributed by atoms with Crippen molar-refractivity contribution in [2.45, 2.75) is 60.5 Å². The van der Waals surface area contributed by atoms with Gasteiger partial charge >= 0.3 is 5.97 Å². The van der Waals surface area contributed by atoms with Crippen LogP contribution in [0.5, 0.6) is 0 Å². The third-order valence-corrected chi connectivity index (χ3v) is 3.98. The van der Waals surface area contributed by atoms with Gasteiger partial charge in [0.15, 0.2) is 5.78 Å². The molecule has 0 spiro atoms. The van der Waals surface area contributed by atoms with Crippen LogP contribution >= 0.6 is 0 Å². The number of carbonyl (C=O) groups is 2. The van der Waals surface area contributed by atoms with Gasteiger partial charge in [-0.2, -0.15) is 0 Å². The van der Waals surface area contributed by atoms with E-state index in [9.17, 15) is 9.59 Å². The molecule has 122 valence electrons. The van der Waals surface area contributed by atoms with E-state index in [0.29, 0.717) is 13.2 Å². The number of carbonyl (C=O) groups excluding carboxylic acids is 2. The monoisotopic (exact) mass is 305 g/mol. The van der Waals surface area contributed by atoms with Gasteiger partial charge in [-0.05, 0) is 70.7 Å². The molecule has 1 N–H and O–H groups in total. The van der Waals surface area contributed by atoms with Gasteiger partial charge in [-0.3, -0.25) is 14.9 Å². The lowest BCUT2D eigenvalue weighted by Crippen LogP contribution is -2.47. The Morgan fingerprint density at radius 2 is 1.77 bits per heavy atom. The maximum Gasteiger partial charge on any atom is 0.325 e. The molecular weight excluding hydrogens is 278 g/mol. The zero-order chi connectivity index (χ0) is 17.1. The number of ether oxygens (including phenoxy) is 1. The lowest BCUT2D eigenvalue weighted by Gasteiger charge is -2.25. The summed E-state index contributed by atoms with van der Waals surface area (Å²) in [6.07, 6.45) is 0. The van der Waals surface area contributed by atoms with Gasteiger partial charge in [0.1, 0.15) is 5.54 Å². The molecule has 0 aliphatic carbocycles. The first kappa shape index (κ1) is 18.4. The fourth-order valence-electron chi connectivity index (χ4n) is 2.73. The molecular formula is C18H27NO3. The van der Waals surface area contributed by atoms with Crippen LogP contribution < -0.4 is 5.32 Å². The fourth-order valence-corrected chi connectivity index (χ4v) is 2.73. The Balaban J connectivity index is 3.07. The average molecular weight is 305 g/mol. The molecule has 0 radical (unpaired) electrons. The molecule has 0 unspecified atom stereocenters. The molecule has 0 bridgehead atoms. The van der Waals surface area contributed by atoms with E-state index in [4.69, 9.17) is 4.74 Å². The summed E-state index contributed by atoms with van der Waals surface area (Å²) >= 11 is 0. The Morgan fingerprint density at radius 3 is 2.27 bits per heavy atom. The summed E-state index contributed by atoms with van der Waals surface area (Å²) in [5.74, 6) is -0.204. The standard InChI is InChI=1S/C18H27NO3/c1-8-22-17(21)18(6,7)19-10-15-11(2)9-12(3)16(13(15)4)14(5)20/h9,19H,8,10H2,1-7H3. The summed E-state index contributed by atoms with van der Waals surface area (Å²) in [5.41, 5.74) is 4.17. The maximum absolute atomic E-state index is 11.9. The van der Waals surface area contributed by atoms with E-state index in [1.807, 2.05) is 26.8 Å². The van der Waals surface area contributed by atoms with E-state index in [1.165, 1.54) is 0 Å². The first-order valence-corrected chi connectivity index (χ1v) is 7.64. The number of hydrogen-bond acceptors (Lipinski definition) is 4. The molecule has 0 saturated heterocycles. The minimum absolute atomic E-state index is 0.0703. The minimum atomic E-state index is -0.768. The Hall–Kier alpha value is -1.68. The van der Waals surface area contributed by atoms with E-state index in [0.717, 1.165) is 27.8 Å². The van der Waals surface area contributed by atoms with Crippen LogP contribution in [0.1, 0.15) is 60.3 Å². The van der Waals surface area contributed by atoms with Crippen LogP contribution in [0.25, 0.3) is 0 Å². The summed E-state index contributed by atoms with van der Waals surface area (Å²) in [6, 6.07) is 2.03. The second-order valence-corrected chi connectivity index (χ2v) is 6.24. The normalized spacial score (nSPS) is 11.4. The zero-order valence-corrected chi connectivity index (χ0v) is 14.7. The number of Topliss-reactive ketones (excluding diaryl/α,β-unsaturated/α-hetero) is 1. The van der Waals surface area contributed by atoms with Crippen LogP contribution in [0.3, 0.4) is 0 Å². The highest BCUT2D eigenvalue weighted by Crippen LogP contribution is 2.23. The molecule has 0 amide bonds. The third kappa shape index (κ3) is 3.95.